The Labute approximate surface area is 174 Å². The summed E-state index contributed by atoms with van der Waals surface area (Å²) in [5.41, 5.74) is 0.980. The van der Waals surface area contributed by atoms with Crippen LogP contribution in [0.25, 0.3) is 10.8 Å². The lowest BCUT2D eigenvalue weighted by atomic mass is 10.1. The minimum absolute atomic E-state index is 0.257. The molecular formula is C20H23N3O4S2. The smallest absolute Gasteiger partial charge is 0.315 e. The first-order chi connectivity index (χ1) is 13.8. The molecule has 0 spiro atoms. The topological polar surface area (TPSA) is 87.7 Å². The second-order valence-corrected chi connectivity index (χ2v) is 10.1. The molecule has 0 fully saturated rings. The second-order valence-electron chi connectivity index (χ2n) is 6.59. The zero-order valence-electron chi connectivity index (χ0n) is 16.4. The number of carbonyl (C=O) groups excluding carboxylic acids is 1. The molecule has 154 valence electrons. The fourth-order valence-electron chi connectivity index (χ4n) is 2.69. The van der Waals surface area contributed by atoms with E-state index >= 15 is 0 Å². The van der Waals surface area contributed by atoms with Crippen LogP contribution >= 0.6 is 11.3 Å². The van der Waals surface area contributed by atoms with Gasteiger partial charge in [-0.3, -0.25) is 0 Å². The number of ether oxygens (including phenoxy) is 1. The van der Waals surface area contributed by atoms with Crippen LogP contribution in [0, 0.1) is 0 Å². The molecule has 0 saturated carbocycles. The molecule has 0 saturated heterocycles. The monoisotopic (exact) mass is 433 g/mol. The minimum atomic E-state index is -3.45. The van der Waals surface area contributed by atoms with Gasteiger partial charge in [-0.15, -0.1) is 11.3 Å². The van der Waals surface area contributed by atoms with Gasteiger partial charge < -0.3 is 15.4 Å². The first kappa shape index (κ1) is 21.1. The van der Waals surface area contributed by atoms with Gasteiger partial charge in [-0.1, -0.05) is 18.2 Å². The van der Waals surface area contributed by atoms with E-state index in [1.54, 1.807) is 19.2 Å². The van der Waals surface area contributed by atoms with Gasteiger partial charge >= 0.3 is 6.03 Å². The van der Waals surface area contributed by atoms with Crippen LogP contribution in [0.1, 0.15) is 10.4 Å². The number of fused-ring (bicyclic) bond motifs is 1. The van der Waals surface area contributed by atoms with Gasteiger partial charge in [0.05, 0.1) is 13.7 Å². The van der Waals surface area contributed by atoms with E-state index in [9.17, 15) is 13.2 Å². The number of hydrogen-bond acceptors (Lipinski definition) is 5. The van der Waals surface area contributed by atoms with Crippen molar-refractivity contribution in [2.45, 2.75) is 17.3 Å². The van der Waals surface area contributed by atoms with Gasteiger partial charge in [-0.05, 0) is 46.7 Å². The van der Waals surface area contributed by atoms with E-state index in [1.165, 1.54) is 18.4 Å². The summed E-state index contributed by atoms with van der Waals surface area (Å²) in [5, 5.41) is 7.70. The Kier molecular flexibility index (Phi) is 6.41. The second kappa shape index (κ2) is 8.81. The summed E-state index contributed by atoms with van der Waals surface area (Å²) in [6.45, 7) is 0.648. The van der Waals surface area contributed by atoms with Crippen LogP contribution < -0.4 is 15.4 Å². The fraction of sp³-hybridized carbons (Fsp3) is 0.250. The number of methoxy groups -OCH3 is 1. The predicted molar refractivity (Wildman–Crippen MR) is 115 cm³/mol. The molecule has 9 heteroatoms. The summed E-state index contributed by atoms with van der Waals surface area (Å²) in [5.74, 6) is 0.804. The number of benzene rings is 2. The van der Waals surface area contributed by atoms with Crippen molar-refractivity contribution in [1.29, 1.82) is 0 Å². The molecule has 0 unspecified atom stereocenters. The number of urea groups is 1. The molecule has 2 aromatic carbocycles. The number of carbonyl (C=O) groups is 1. The van der Waals surface area contributed by atoms with Crippen LogP contribution in [-0.4, -0.2) is 40.0 Å². The molecule has 0 aliphatic rings. The lowest BCUT2D eigenvalue weighted by Gasteiger charge is -2.09. The van der Waals surface area contributed by atoms with Crippen LogP contribution in [0.4, 0.5) is 4.79 Å². The van der Waals surface area contributed by atoms with Gasteiger partial charge in [0.2, 0.25) is 0 Å². The van der Waals surface area contributed by atoms with Gasteiger partial charge in [-0.2, -0.15) is 0 Å². The number of sulfonamides is 1. The summed E-state index contributed by atoms with van der Waals surface area (Å²) in [4.78, 5) is 12.9. The van der Waals surface area contributed by atoms with E-state index < -0.39 is 10.0 Å². The van der Waals surface area contributed by atoms with Gasteiger partial charge in [0.15, 0.2) is 0 Å². The number of thiophene rings is 1. The minimum Gasteiger partial charge on any atom is -0.497 e. The van der Waals surface area contributed by atoms with Crippen LogP contribution in [0.2, 0.25) is 0 Å². The van der Waals surface area contributed by atoms with E-state index in [0.29, 0.717) is 6.54 Å². The zero-order chi connectivity index (χ0) is 21.0. The maximum atomic E-state index is 12.1. The normalized spacial score (nSPS) is 11.6. The molecular weight excluding hydrogens is 410 g/mol. The maximum Gasteiger partial charge on any atom is 0.315 e. The SMILES string of the molecule is COc1ccc2cc(CNC(=O)NCc3ccc(S(=O)(=O)N(C)C)s3)ccc2c1. The van der Waals surface area contributed by atoms with Gasteiger partial charge in [0.1, 0.15) is 9.96 Å². The summed E-state index contributed by atoms with van der Waals surface area (Å²) in [7, 11) is 1.17. The molecule has 0 aliphatic carbocycles. The number of nitrogens with zero attached hydrogens (tertiary/aromatic N) is 1. The predicted octanol–water partition coefficient (Wildman–Crippen LogP) is 3.16. The fourth-order valence-corrected chi connectivity index (χ4v) is 5.16. The van der Waals surface area contributed by atoms with E-state index in [1.807, 2.05) is 36.4 Å². The van der Waals surface area contributed by atoms with E-state index in [-0.39, 0.29) is 16.8 Å². The Morgan fingerprint density at radius 3 is 2.41 bits per heavy atom. The quantitative estimate of drug-likeness (QED) is 0.599. The van der Waals surface area contributed by atoms with Crippen LogP contribution in [0.5, 0.6) is 5.75 Å². The van der Waals surface area contributed by atoms with Crippen LogP contribution in [-0.2, 0) is 23.1 Å². The summed E-state index contributed by atoms with van der Waals surface area (Å²) in [6, 6.07) is 14.8. The van der Waals surface area contributed by atoms with Crippen molar-refractivity contribution < 1.29 is 17.9 Å². The van der Waals surface area contributed by atoms with Crippen molar-refractivity contribution in [2.75, 3.05) is 21.2 Å². The van der Waals surface area contributed by atoms with Crippen molar-refractivity contribution >= 4 is 38.2 Å². The highest BCUT2D eigenvalue weighted by Gasteiger charge is 2.19. The highest BCUT2D eigenvalue weighted by atomic mass is 32.2. The Morgan fingerprint density at radius 1 is 1.00 bits per heavy atom. The molecule has 0 radical (unpaired) electrons. The summed E-state index contributed by atoms with van der Waals surface area (Å²) in [6.07, 6.45) is 0. The third kappa shape index (κ3) is 5.06. The average Bonchev–Trinajstić information content (AvgIpc) is 3.20. The average molecular weight is 434 g/mol. The third-order valence-electron chi connectivity index (χ3n) is 4.36. The number of amides is 2. The zero-order valence-corrected chi connectivity index (χ0v) is 18.1. The lowest BCUT2D eigenvalue weighted by Crippen LogP contribution is -2.34. The standard InChI is InChI=1S/C20H23N3O4S2/c1-23(2)29(25,26)19-9-8-18(28-19)13-22-20(24)21-12-14-4-5-16-11-17(27-3)7-6-15(16)10-14/h4-11H,12-13H2,1-3H3,(H2,21,22,24). The molecule has 1 heterocycles. The number of nitrogens with one attached hydrogen (secondary N) is 2. The molecule has 3 aromatic rings. The molecule has 3 rings (SSSR count). The van der Waals surface area contributed by atoms with Crippen LogP contribution in [0.15, 0.2) is 52.7 Å². The highest BCUT2D eigenvalue weighted by Crippen LogP contribution is 2.24. The Morgan fingerprint density at radius 2 is 1.69 bits per heavy atom. The Hall–Kier alpha value is -2.62. The van der Waals surface area contributed by atoms with E-state index in [4.69, 9.17) is 4.74 Å². The molecule has 7 nitrogen and oxygen atoms in total. The van der Waals surface area contributed by atoms with E-state index in [0.717, 1.165) is 38.3 Å². The van der Waals surface area contributed by atoms with Crippen molar-refractivity contribution in [3.05, 3.63) is 59.0 Å². The van der Waals surface area contributed by atoms with Crippen molar-refractivity contribution in [3.63, 3.8) is 0 Å². The van der Waals surface area contributed by atoms with Crippen molar-refractivity contribution in [2.24, 2.45) is 0 Å². The number of rotatable bonds is 7. The van der Waals surface area contributed by atoms with E-state index in [2.05, 4.69) is 10.6 Å². The van der Waals surface area contributed by atoms with Gasteiger partial charge in [0, 0.05) is 25.5 Å². The molecule has 2 amide bonds. The molecule has 0 atom stereocenters. The lowest BCUT2D eigenvalue weighted by molar-refractivity contribution is 0.240. The summed E-state index contributed by atoms with van der Waals surface area (Å²) < 4.78 is 30.9. The Balaban J connectivity index is 1.54. The largest absolute Gasteiger partial charge is 0.497 e. The van der Waals surface area contributed by atoms with Crippen LogP contribution in [0.3, 0.4) is 0 Å². The molecule has 0 aliphatic heterocycles. The van der Waals surface area contributed by atoms with Crippen molar-refractivity contribution in [1.82, 2.24) is 14.9 Å². The molecule has 1 aromatic heterocycles. The number of hydrogen-bond donors (Lipinski definition) is 2. The molecule has 0 bridgehead atoms. The molecule has 29 heavy (non-hydrogen) atoms. The molecule has 2 N–H and O–H groups in total. The highest BCUT2D eigenvalue weighted by molar-refractivity contribution is 7.91. The third-order valence-corrected chi connectivity index (χ3v) is 7.73. The Bertz CT molecular complexity index is 1120. The first-order valence-electron chi connectivity index (χ1n) is 8.89. The maximum absolute atomic E-state index is 12.1. The summed E-state index contributed by atoms with van der Waals surface area (Å²) >= 11 is 1.15. The first-order valence-corrected chi connectivity index (χ1v) is 11.1. The van der Waals surface area contributed by atoms with Crippen molar-refractivity contribution in [3.8, 4) is 5.75 Å². The van der Waals surface area contributed by atoms with Gasteiger partial charge in [0.25, 0.3) is 10.0 Å². The van der Waals surface area contributed by atoms with Gasteiger partial charge in [-0.25, -0.2) is 17.5 Å².